The van der Waals surface area contributed by atoms with Gasteiger partial charge in [-0.15, -0.1) is 0 Å². The van der Waals surface area contributed by atoms with Gasteiger partial charge in [0.1, 0.15) is 5.75 Å². The fourth-order valence-electron chi connectivity index (χ4n) is 1.25. The summed E-state index contributed by atoms with van der Waals surface area (Å²) in [6.07, 6.45) is 0. The molecule has 2 aromatic rings. The number of hydrogen-bond acceptors (Lipinski definition) is 3. The summed E-state index contributed by atoms with van der Waals surface area (Å²) in [7, 11) is 0. The molecule has 74 valence electrons. The molecule has 0 unspecified atom stereocenters. The van der Waals surface area contributed by atoms with Crippen molar-refractivity contribution < 1.29 is 9.52 Å². The van der Waals surface area contributed by atoms with E-state index in [2.05, 4.69) is 4.98 Å². The third-order valence-electron chi connectivity index (χ3n) is 2.04. The molecule has 1 heterocycles. The average Bonchev–Trinajstić information content (AvgIpc) is 2.48. The molecule has 3 nitrogen and oxygen atoms in total. The van der Waals surface area contributed by atoms with E-state index in [1.54, 1.807) is 18.2 Å². The minimum Gasteiger partial charge on any atom is -0.506 e. The average molecular weight is 191 g/mol. The maximum Gasteiger partial charge on any atom is 0.200 e. The predicted octanol–water partition coefficient (Wildman–Crippen LogP) is 2.83. The Bertz CT molecular complexity index is 466. The van der Waals surface area contributed by atoms with Crippen molar-refractivity contribution in [2.45, 2.75) is 26.2 Å². The molecule has 0 amide bonds. The van der Waals surface area contributed by atoms with Gasteiger partial charge in [0.05, 0.1) is 0 Å². The number of aromatic nitrogens is 1. The van der Waals surface area contributed by atoms with Crippen molar-refractivity contribution in [3.05, 3.63) is 24.1 Å². The second-order valence-electron chi connectivity index (χ2n) is 4.39. The molecule has 2 rings (SSSR count). The molecule has 0 aliphatic heterocycles. The van der Waals surface area contributed by atoms with Crippen LogP contribution in [0.1, 0.15) is 26.7 Å². The Kier molecular flexibility index (Phi) is 1.77. The monoisotopic (exact) mass is 191 g/mol. The van der Waals surface area contributed by atoms with E-state index in [0.717, 1.165) is 0 Å². The molecule has 1 aromatic heterocycles. The van der Waals surface area contributed by atoms with Gasteiger partial charge in [-0.1, -0.05) is 26.8 Å². The zero-order valence-electron chi connectivity index (χ0n) is 8.53. The van der Waals surface area contributed by atoms with Crippen molar-refractivity contribution >= 4 is 11.1 Å². The zero-order chi connectivity index (χ0) is 10.3. The van der Waals surface area contributed by atoms with Crippen LogP contribution in [-0.4, -0.2) is 10.1 Å². The van der Waals surface area contributed by atoms with E-state index in [-0.39, 0.29) is 11.2 Å². The maximum absolute atomic E-state index is 9.53. The van der Waals surface area contributed by atoms with Gasteiger partial charge in [-0.25, -0.2) is 4.98 Å². The first kappa shape index (κ1) is 9.06. The number of nitrogens with zero attached hydrogens (tertiary/aromatic N) is 1. The minimum atomic E-state index is -0.133. The standard InChI is InChI=1S/C11H13NO2/c1-11(2,3)10-12-9-7(13)5-4-6-8(9)14-10/h4-6,13H,1-3H3. The number of phenols is 1. The molecule has 0 saturated heterocycles. The zero-order valence-corrected chi connectivity index (χ0v) is 8.53. The lowest BCUT2D eigenvalue weighted by molar-refractivity contribution is 0.411. The summed E-state index contributed by atoms with van der Waals surface area (Å²) in [5, 5.41) is 9.53. The van der Waals surface area contributed by atoms with Crippen LogP contribution in [0, 0.1) is 0 Å². The van der Waals surface area contributed by atoms with E-state index in [4.69, 9.17) is 4.42 Å². The van der Waals surface area contributed by atoms with E-state index in [9.17, 15) is 5.11 Å². The number of aromatic hydroxyl groups is 1. The van der Waals surface area contributed by atoms with Crippen LogP contribution in [0.2, 0.25) is 0 Å². The third-order valence-corrected chi connectivity index (χ3v) is 2.04. The quantitative estimate of drug-likeness (QED) is 0.696. The van der Waals surface area contributed by atoms with Gasteiger partial charge in [-0.05, 0) is 12.1 Å². The van der Waals surface area contributed by atoms with Gasteiger partial charge in [0, 0.05) is 5.41 Å². The Morgan fingerprint density at radius 1 is 1.29 bits per heavy atom. The Labute approximate surface area is 82.4 Å². The van der Waals surface area contributed by atoms with Crippen molar-refractivity contribution in [1.29, 1.82) is 0 Å². The summed E-state index contributed by atoms with van der Waals surface area (Å²) >= 11 is 0. The van der Waals surface area contributed by atoms with E-state index < -0.39 is 0 Å². The van der Waals surface area contributed by atoms with Crippen LogP contribution < -0.4 is 0 Å². The van der Waals surface area contributed by atoms with Crippen LogP contribution in [0.15, 0.2) is 22.6 Å². The molecule has 0 atom stereocenters. The van der Waals surface area contributed by atoms with Crippen molar-refractivity contribution in [3.63, 3.8) is 0 Å². The van der Waals surface area contributed by atoms with Gasteiger partial charge in [0.2, 0.25) is 5.89 Å². The van der Waals surface area contributed by atoms with Crippen LogP contribution in [0.3, 0.4) is 0 Å². The molecule has 0 spiro atoms. The maximum atomic E-state index is 9.53. The van der Waals surface area contributed by atoms with Gasteiger partial charge < -0.3 is 9.52 Å². The molecule has 14 heavy (non-hydrogen) atoms. The highest BCUT2D eigenvalue weighted by Crippen LogP contribution is 2.29. The number of fused-ring (bicyclic) bond motifs is 1. The molecule has 0 bridgehead atoms. The van der Waals surface area contributed by atoms with Crippen LogP contribution in [0.5, 0.6) is 5.75 Å². The lowest BCUT2D eigenvalue weighted by atomic mass is 9.97. The van der Waals surface area contributed by atoms with Crippen LogP contribution in [-0.2, 0) is 5.41 Å². The number of benzene rings is 1. The molecule has 0 saturated carbocycles. The fourth-order valence-corrected chi connectivity index (χ4v) is 1.25. The highest BCUT2D eigenvalue weighted by molar-refractivity contribution is 5.79. The summed E-state index contributed by atoms with van der Waals surface area (Å²) in [5.41, 5.74) is 1.04. The molecule has 0 fully saturated rings. The van der Waals surface area contributed by atoms with Crippen molar-refractivity contribution in [2.75, 3.05) is 0 Å². The lowest BCUT2D eigenvalue weighted by Gasteiger charge is -2.11. The van der Waals surface area contributed by atoms with E-state index in [0.29, 0.717) is 17.0 Å². The highest BCUT2D eigenvalue weighted by Gasteiger charge is 2.21. The Morgan fingerprint density at radius 3 is 2.57 bits per heavy atom. The van der Waals surface area contributed by atoms with Crippen molar-refractivity contribution in [1.82, 2.24) is 4.98 Å². The number of phenolic OH excluding ortho intramolecular Hbond substituents is 1. The molecular formula is C11H13NO2. The van der Waals surface area contributed by atoms with Crippen molar-refractivity contribution in [3.8, 4) is 5.75 Å². The Morgan fingerprint density at radius 2 is 2.00 bits per heavy atom. The summed E-state index contributed by atoms with van der Waals surface area (Å²) in [4.78, 5) is 4.27. The molecule has 0 aliphatic carbocycles. The van der Waals surface area contributed by atoms with E-state index in [1.165, 1.54) is 0 Å². The topological polar surface area (TPSA) is 46.3 Å². The Balaban J connectivity index is 2.69. The normalized spacial score (nSPS) is 12.2. The van der Waals surface area contributed by atoms with Crippen LogP contribution >= 0.6 is 0 Å². The first-order valence-electron chi connectivity index (χ1n) is 4.57. The second-order valence-corrected chi connectivity index (χ2v) is 4.39. The van der Waals surface area contributed by atoms with E-state index in [1.807, 2.05) is 20.8 Å². The lowest BCUT2D eigenvalue weighted by Crippen LogP contribution is -2.10. The summed E-state index contributed by atoms with van der Waals surface area (Å²) in [6, 6.07) is 5.16. The molecular weight excluding hydrogens is 178 g/mol. The third kappa shape index (κ3) is 1.35. The van der Waals surface area contributed by atoms with Crippen LogP contribution in [0.25, 0.3) is 11.1 Å². The summed E-state index contributed by atoms with van der Waals surface area (Å²) < 4.78 is 5.54. The predicted molar refractivity (Wildman–Crippen MR) is 54.4 cm³/mol. The number of hydrogen-bond donors (Lipinski definition) is 1. The largest absolute Gasteiger partial charge is 0.506 e. The molecule has 0 radical (unpaired) electrons. The molecule has 0 aliphatic rings. The summed E-state index contributed by atoms with van der Waals surface area (Å²) in [5.74, 6) is 0.816. The molecule has 1 aromatic carbocycles. The molecule has 3 heteroatoms. The highest BCUT2D eigenvalue weighted by atomic mass is 16.4. The number of oxazole rings is 1. The Hall–Kier alpha value is -1.51. The minimum absolute atomic E-state index is 0.133. The smallest absolute Gasteiger partial charge is 0.200 e. The van der Waals surface area contributed by atoms with Crippen LogP contribution in [0.4, 0.5) is 0 Å². The van der Waals surface area contributed by atoms with E-state index >= 15 is 0 Å². The number of rotatable bonds is 0. The first-order valence-corrected chi connectivity index (χ1v) is 4.57. The number of para-hydroxylation sites is 1. The molecule has 1 N–H and O–H groups in total. The van der Waals surface area contributed by atoms with Crippen molar-refractivity contribution in [2.24, 2.45) is 0 Å². The van der Waals surface area contributed by atoms with Gasteiger partial charge >= 0.3 is 0 Å². The van der Waals surface area contributed by atoms with Gasteiger partial charge in [0.25, 0.3) is 0 Å². The summed E-state index contributed by atoms with van der Waals surface area (Å²) in [6.45, 7) is 6.07. The second kappa shape index (κ2) is 2.74. The first-order chi connectivity index (χ1) is 6.48. The SMILES string of the molecule is CC(C)(C)c1nc2c(O)cccc2o1. The van der Waals surface area contributed by atoms with Gasteiger partial charge in [-0.2, -0.15) is 0 Å². The van der Waals surface area contributed by atoms with Gasteiger partial charge in [0.15, 0.2) is 11.1 Å². The van der Waals surface area contributed by atoms with Gasteiger partial charge in [-0.3, -0.25) is 0 Å². The fraction of sp³-hybridized carbons (Fsp3) is 0.364.